The number of amides is 1. The number of carbonyl (C=O) groups is 1. The van der Waals surface area contributed by atoms with E-state index in [1.54, 1.807) is 0 Å². The van der Waals surface area contributed by atoms with Gasteiger partial charge in [-0.25, -0.2) is 4.98 Å². The molecule has 0 radical (unpaired) electrons. The zero-order valence-corrected chi connectivity index (χ0v) is 13.7. The quantitative estimate of drug-likeness (QED) is 0.813. The van der Waals surface area contributed by atoms with Crippen molar-refractivity contribution in [2.45, 2.75) is 58.5 Å². The lowest BCUT2D eigenvalue weighted by molar-refractivity contribution is -0.131. The monoisotopic (exact) mass is 312 g/mol. The van der Waals surface area contributed by atoms with E-state index in [0.717, 1.165) is 56.7 Å². The van der Waals surface area contributed by atoms with Crippen LogP contribution in [0.3, 0.4) is 0 Å². The molecule has 21 heavy (non-hydrogen) atoms. The van der Waals surface area contributed by atoms with E-state index in [1.165, 1.54) is 0 Å². The van der Waals surface area contributed by atoms with Crippen LogP contribution in [0.2, 0.25) is 5.15 Å². The van der Waals surface area contributed by atoms with Gasteiger partial charge in [0.2, 0.25) is 5.91 Å². The molecule has 2 heterocycles. The van der Waals surface area contributed by atoms with Crippen LogP contribution in [0.1, 0.15) is 51.0 Å². The van der Waals surface area contributed by atoms with Gasteiger partial charge in [0.05, 0.1) is 11.7 Å². The van der Waals surface area contributed by atoms with Crippen molar-refractivity contribution in [1.82, 2.24) is 20.2 Å². The van der Waals surface area contributed by atoms with Gasteiger partial charge in [0, 0.05) is 26.1 Å². The van der Waals surface area contributed by atoms with E-state index in [2.05, 4.69) is 22.2 Å². The minimum absolute atomic E-state index is 0.175. The Bertz CT molecular complexity index is 468. The molecular formula is C15H25ClN4O. The number of likely N-dealkylation sites (tertiary alicyclic amines) is 1. The molecule has 1 amide bonds. The van der Waals surface area contributed by atoms with Crippen molar-refractivity contribution < 1.29 is 4.79 Å². The van der Waals surface area contributed by atoms with Gasteiger partial charge in [-0.2, -0.15) is 0 Å². The molecule has 1 aliphatic heterocycles. The van der Waals surface area contributed by atoms with Crippen LogP contribution >= 0.6 is 11.6 Å². The maximum atomic E-state index is 12.2. The van der Waals surface area contributed by atoms with Gasteiger partial charge in [-0.1, -0.05) is 24.9 Å². The van der Waals surface area contributed by atoms with Gasteiger partial charge in [0.1, 0.15) is 5.82 Å². The van der Waals surface area contributed by atoms with Crippen molar-refractivity contribution in [1.29, 1.82) is 0 Å². The third-order valence-electron chi connectivity index (χ3n) is 3.92. The molecule has 5 nitrogen and oxygen atoms in total. The number of aromatic amines is 1. The third kappa shape index (κ3) is 4.45. The van der Waals surface area contributed by atoms with Gasteiger partial charge in [-0.3, -0.25) is 4.79 Å². The maximum absolute atomic E-state index is 12.2. The number of hydrogen-bond donors (Lipinski definition) is 2. The SMILES string of the molecule is CCCCc1nc(Cl)c(CNC(C)C(=O)N2CCCC2)[nH]1. The standard InChI is InChI=1S/C15H25ClN4O/c1-3-4-7-13-18-12(14(16)19-13)10-17-11(2)15(21)20-8-5-6-9-20/h11,17H,3-10H2,1-2H3,(H,18,19). The Kier molecular flexibility index (Phi) is 6.06. The lowest BCUT2D eigenvalue weighted by Crippen LogP contribution is -2.43. The van der Waals surface area contributed by atoms with Gasteiger partial charge in [0.25, 0.3) is 0 Å². The average Bonchev–Trinajstić information content (AvgIpc) is 3.11. The van der Waals surface area contributed by atoms with E-state index in [-0.39, 0.29) is 11.9 Å². The first-order valence-electron chi connectivity index (χ1n) is 7.87. The number of nitrogens with one attached hydrogen (secondary N) is 2. The van der Waals surface area contributed by atoms with Crippen molar-refractivity contribution >= 4 is 17.5 Å². The molecule has 1 unspecified atom stereocenters. The summed E-state index contributed by atoms with van der Waals surface area (Å²) in [6.45, 7) is 6.37. The highest BCUT2D eigenvalue weighted by Gasteiger charge is 2.23. The number of aryl methyl sites for hydroxylation is 1. The van der Waals surface area contributed by atoms with Crippen LogP contribution in [0, 0.1) is 0 Å². The summed E-state index contributed by atoms with van der Waals surface area (Å²) in [5.74, 6) is 1.10. The Balaban J connectivity index is 1.84. The molecule has 1 atom stereocenters. The summed E-state index contributed by atoms with van der Waals surface area (Å²) in [5.41, 5.74) is 0.865. The first-order chi connectivity index (χ1) is 10.1. The average molecular weight is 313 g/mol. The van der Waals surface area contributed by atoms with Gasteiger partial charge < -0.3 is 15.2 Å². The number of unbranched alkanes of at least 4 members (excludes halogenated alkanes) is 1. The molecule has 1 saturated heterocycles. The summed E-state index contributed by atoms with van der Waals surface area (Å²) in [4.78, 5) is 21.7. The molecule has 1 aliphatic rings. The number of aromatic nitrogens is 2. The van der Waals surface area contributed by atoms with Crippen molar-refractivity contribution in [2.24, 2.45) is 0 Å². The summed E-state index contributed by atoms with van der Waals surface area (Å²) in [7, 11) is 0. The minimum Gasteiger partial charge on any atom is -0.344 e. The predicted molar refractivity (Wildman–Crippen MR) is 84.3 cm³/mol. The van der Waals surface area contributed by atoms with Crippen LogP contribution in [0.25, 0.3) is 0 Å². The molecule has 0 saturated carbocycles. The van der Waals surface area contributed by atoms with Crippen molar-refractivity contribution in [3.05, 3.63) is 16.7 Å². The minimum atomic E-state index is -0.193. The molecular weight excluding hydrogens is 288 g/mol. The maximum Gasteiger partial charge on any atom is 0.239 e. The third-order valence-corrected chi connectivity index (χ3v) is 4.23. The largest absolute Gasteiger partial charge is 0.344 e. The van der Waals surface area contributed by atoms with Gasteiger partial charge in [-0.05, 0) is 26.2 Å². The smallest absolute Gasteiger partial charge is 0.239 e. The molecule has 1 aromatic rings. The second kappa shape index (κ2) is 7.80. The molecule has 2 rings (SSSR count). The molecule has 0 aliphatic carbocycles. The predicted octanol–water partition coefficient (Wildman–Crippen LogP) is 2.51. The zero-order chi connectivity index (χ0) is 15.2. The van der Waals surface area contributed by atoms with Crippen molar-refractivity contribution in [3.8, 4) is 0 Å². The van der Waals surface area contributed by atoms with E-state index in [9.17, 15) is 4.79 Å². The highest BCUT2D eigenvalue weighted by molar-refractivity contribution is 6.30. The van der Waals surface area contributed by atoms with Crippen molar-refractivity contribution in [2.75, 3.05) is 13.1 Å². The molecule has 118 valence electrons. The first-order valence-corrected chi connectivity index (χ1v) is 8.25. The molecule has 6 heteroatoms. The molecule has 1 fully saturated rings. The fraction of sp³-hybridized carbons (Fsp3) is 0.733. The fourth-order valence-corrected chi connectivity index (χ4v) is 2.79. The normalized spacial score (nSPS) is 16.4. The van der Waals surface area contributed by atoms with E-state index in [1.807, 2.05) is 11.8 Å². The van der Waals surface area contributed by atoms with E-state index < -0.39 is 0 Å². The Hall–Kier alpha value is -1.07. The summed E-state index contributed by atoms with van der Waals surface area (Å²) in [5, 5.41) is 3.75. The first kappa shape index (κ1) is 16.3. The molecule has 0 spiro atoms. The second-order valence-electron chi connectivity index (χ2n) is 5.69. The van der Waals surface area contributed by atoms with E-state index >= 15 is 0 Å². The number of halogens is 1. The number of rotatable bonds is 7. The van der Waals surface area contributed by atoms with E-state index in [0.29, 0.717) is 11.7 Å². The second-order valence-corrected chi connectivity index (χ2v) is 6.05. The number of H-pyrrole nitrogens is 1. The summed E-state index contributed by atoms with van der Waals surface area (Å²) >= 11 is 6.14. The van der Waals surface area contributed by atoms with Crippen LogP contribution in [-0.4, -0.2) is 39.9 Å². The van der Waals surface area contributed by atoms with Gasteiger partial charge >= 0.3 is 0 Å². The van der Waals surface area contributed by atoms with Crippen LogP contribution in [0.5, 0.6) is 0 Å². The number of hydrogen-bond acceptors (Lipinski definition) is 3. The summed E-state index contributed by atoms with van der Waals surface area (Å²) in [6, 6.07) is -0.193. The van der Waals surface area contributed by atoms with Gasteiger partial charge in [-0.15, -0.1) is 0 Å². The van der Waals surface area contributed by atoms with E-state index in [4.69, 9.17) is 11.6 Å². The molecule has 0 bridgehead atoms. The molecule has 0 aromatic carbocycles. The number of carbonyl (C=O) groups excluding carboxylic acids is 1. The van der Waals surface area contributed by atoms with Crippen molar-refractivity contribution in [3.63, 3.8) is 0 Å². The Labute approximate surface area is 131 Å². The Morgan fingerprint density at radius 2 is 2.19 bits per heavy atom. The lowest BCUT2D eigenvalue weighted by atomic mass is 10.2. The Morgan fingerprint density at radius 1 is 1.48 bits per heavy atom. The lowest BCUT2D eigenvalue weighted by Gasteiger charge is -2.20. The highest BCUT2D eigenvalue weighted by Crippen LogP contribution is 2.15. The Morgan fingerprint density at radius 3 is 2.86 bits per heavy atom. The highest BCUT2D eigenvalue weighted by atomic mass is 35.5. The van der Waals surface area contributed by atoms with Crippen LogP contribution < -0.4 is 5.32 Å². The summed E-state index contributed by atoms with van der Waals surface area (Å²) < 4.78 is 0. The number of imidazole rings is 1. The van der Waals surface area contributed by atoms with Gasteiger partial charge in [0.15, 0.2) is 5.15 Å². The number of nitrogens with zero attached hydrogens (tertiary/aromatic N) is 2. The molecule has 2 N–H and O–H groups in total. The van der Waals surface area contributed by atoms with Crippen LogP contribution in [-0.2, 0) is 17.8 Å². The summed E-state index contributed by atoms with van der Waals surface area (Å²) in [6.07, 6.45) is 5.38. The van der Waals surface area contributed by atoms with Crippen LogP contribution in [0.4, 0.5) is 0 Å². The zero-order valence-electron chi connectivity index (χ0n) is 12.9. The van der Waals surface area contributed by atoms with Crippen LogP contribution in [0.15, 0.2) is 0 Å². The fourth-order valence-electron chi connectivity index (χ4n) is 2.57. The topological polar surface area (TPSA) is 61.0 Å². The molecule has 1 aromatic heterocycles.